The van der Waals surface area contributed by atoms with E-state index in [-0.39, 0.29) is 0 Å². The van der Waals surface area contributed by atoms with E-state index < -0.39 is 5.54 Å². The van der Waals surface area contributed by atoms with Crippen molar-refractivity contribution in [2.45, 2.75) is 38.1 Å². The highest BCUT2D eigenvalue weighted by atomic mass is 16.5. The van der Waals surface area contributed by atoms with Crippen molar-refractivity contribution in [3.63, 3.8) is 0 Å². The first-order chi connectivity index (χ1) is 10.3. The van der Waals surface area contributed by atoms with Gasteiger partial charge in [0.25, 0.3) is 0 Å². The monoisotopic (exact) mass is 281 g/mol. The molecule has 0 radical (unpaired) electrons. The van der Waals surface area contributed by atoms with E-state index in [4.69, 9.17) is 10.5 Å². The smallest absolute Gasteiger partial charge is 0.124 e. The van der Waals surface area contributed by atoms with Crippen LogP contribution in [-0.4, -0.2) is 6.61 Å². The lowest BCUT2D eigenvalue weighted by molar-refractivity contribution is 0.326. The zero-order chi connectivity index (χ0) is 14.7. The zero-order valence-electron chi connectivity index (χ0n) is 12.6. The molecule has 0 heterocycles. The van der Waals surface area contributed by atoms with Gasteiger partial charge in [0.1, 0.15) is 5.75 Å². The second kappa shape index (κ2) is 5.90. The molecule has 1 aliphatic rings. The molecule has 2 aromatic carbocycles. The van der Waals surface area contributed by atoms with Gasteiger partial charge in [0.2, 0.25) is 0 Å². The Labute approximate surface area is 126 Å². The molecule has 0 spiro atoms. The van der Waals surface area contributed by atoms with Crippen LogP contribution in [0.4, 0.5) is 0 Å². The van der Waals surface area contributed by atoms with Gasteiger partial charge in [-0.3, -0.25) is 0 Å². The SMILES string of the molecule is CCOc1ccccc1C1(N)CCCCc2ccccc21. The first-order valence-corrected chi connectivity index (χ1v) is 7.85. The van der Waals surface area contributed by atoms with Crippen LogP contribution >= 0.6 is 0 Å². The van der Waals surface area contributed by atoms with Crippen molar-refractivity contribution < 1.29 is 4.74 Å². The second-order valence-corrected chi connectivity index (χ2v) is 5.76. The van der Waals surface area contributed by atoms with Crippen molar-refractivity contribution in [2.75, 3.05) is 6.61 Å². The number of rotatable bonds is 3. The summed E-state index contributed by atoms with van der Waals surface area (Å²) < 4.78 is 5.83. The molecular formula is C19H23NO. The summed E-state index contributed by atoms with van der Waals surface area (Å²) in [6.45, 7) is 2.68. The van der Waals surface area contributed by atoms with Crippen molar-refractivity contribution >= 4 is 0 Å². The van der Waals surface area contributed by atoms with Gasteiger partial charge in [0.15, 0.2) is 0 Å². The topological polar surface area (TPSA) is 35.2 Å². The molecule has 0 fully saturated rings. The van der Waals surface area contributed by atoms with E-state index in [2.05, 4.69) is 36.4 Å². The van der Waals surface area contributed by atoms with Gasteiger partial charge in [-0.05, 0) is 43.4 Å². The summed E-state index contributed by atoms with van der Waals surface area (Å²) in [5.74, 6) is 0.916. The normalized spacial score (nSPS) is 21.4. The minimum Gasteiger partial charge on any atom is -0.494 e. The average molecular weight is 281 g/mol. The van der Waals surface area contributed by atoms with Crippen molar-refractivity contribution in [3.05, 3.63) is 65.2 Å². The Morgan fingerprint density at radius 1 is 1.00 bits per heavy atom. The van der Waals surface area contributed by atoms with E-state index in [1.165, 1.54) is 17.5 Å². The van der Waals surface area contributed by atoms with Crippen molar-refractivity contribution in [1.29, 1.82) is 0 Å². The molecule has 2 aromatic rings. The lowest BCUT2D eigenvalue weighted by atomic mass is 9.79. The maximum atomic E-state index is 6.94. The number of ether oxygens (including phenoxy) is 1. The van der Waals surface area contributed by atoms with Crippen LogP contribution in [0.2, 0.25) is 0 Å². The molecule has 2 N–H and O–H groups in total. The van der Waals surface area contributed by atoms with Crippen molar-refractivity contribution in [3.8, 4) is 5.75 Å². The molecule has 0 aromatic heterocycles. The molecule has 3 rings (SSSR count). The van der Waals surface area contributed by atoms with E-state index in [0.29, 0.717) is 6.61 Å². The second-order valence-electron chi connectivity index (χ2n) is 5.76. The predicted molar refractivity (Wildman–Crippen MR) is 86.6 cm³/mol. The third kappa shape index (κ3) is 2.56. The average Bonchev–Trinajstić information content (AvgIpc) is 2.69. The minimum absolute atomic E-state index is 0.446. The fourth-order valence-corrected chi connectivity index (χ4v) is 3.42. The van der Waals surface area contributed by atoms with Crippen LogP contribution in [0.5, 0.6) is 5.75 Å². The highest BCUT2D eigenvalue weighted by Gasteiger charge is 2.35. The Bertz CT molecular complexity index is 622. The Morgan fingerprint density at radius 3 is 2.52 bits per heavy atom. The van der Waals surface area contributed by atoms with E-state index in [9.17, 15) is 0 Å². The summed E-state index contributed by atoms with van der Waals surface area (Å²) in [5, 5.41) is 0. The Morgan fingerprint density at radius 2 is 1.71 bits per heavy atom. The number of benzene rings is 2. The summed E-state index contributed by atoms with van der Waals surface area (Å²) in [5.41, 5.74) is 10.2. The fourth-order valence-electron chi connectivity index (χ4n) is 3.42. The number of fused-ring (bicyclic) bond motifs is 1. The standard InChI is InChI=1S/C19H23NO/c1-2-21-18-13-6-5-12-17(18)19(20)14-8-7-10-15-9-3-4-11-16(15)19/h3-6,9,11-13H,2,7-8,10,14,20H2,1H3. The van der Waals surface area contributed by atoms with Crippen LogP contribution < -0.4 is 10.5 Å². The molecule has 2 heteroatoms. The van der Waals surface area contributed by atoms with Crippen molar-refractivity contribution in [1.82, 2.24) is 0 Å². The predicted octanol–water partition coefficient (Wildman–Crippen LogP) is 4.01. The molecule has 2 nitrogen and oxygen atoms in total. The molecule has 1 atom stereocenters. The fraction of sp³-hybridized carbons (Fsp3) is 0.368. The van der Waals surface area contributed by atoms with E-state index >= 15 is 0 Å². The highest BCUT2D eigenvalue weighted by Crippen LogP contribution is 2.41. The Kier molecular flexibility index (Phi) is 3.98. The number of hydrogen-bond donors (Lipinski definition) is 1. The first-order valence-electron chi connectivity index (χ1n) is 7.85. The van der Waals surface area contributed by atoms with Crippen LogP contribution in [-0.2, 0) is 12.0 Å². The van der Waals surface area contributed by atoms with Crippen LogP contribution in [0.1, 0.15) is 42.9 Å². The molecule has 0 aliphatic heterocycles. The maximum Gasteiger partial charge on any atom is 0.124 e. The number of hydrogen-bond acceptors (Lipinski definition) is 2. The van der Waals surface area contributed by atoms with Crippen LogP contribution in [0.3, 0.4) is 0 Å². The molecule has 0 bridgehead atoms. The van der Waals surface area contributed by atoms with Gasteiger partial charge in [-0.2, -0.15) is 0 Å². The molecule has 1 unspecified atom stereocenters. The lowest BCUT2D eigenvalue weighted by Crippen LogP contribution is -2.38. The summed E-state index contributed by atoms with van der Waals surface area (Å²) in [6.07, 6.45) is 4.43. The molecule has 0 saturated heterocycles. The largest absolute Gasteiger partial charge is 0.494 e. The third-order valence-electron chi connectivity index (χ3n) is 4.43. The van der Waals surface area contributed by atoms with Crippen LogP contribution in [0.25, 0.3) is 0 Å². The molecule has 0 saturated carbocycles. The van der Waals surface area contributed by atoms with Crippen molar-refractivity contribution in [2.24, 2.45) is 5.73 Å². The Balaban J connectivity index is 2.16. The summed E-state index contributed by atoms with van der Waals surface area (Å²) in [6, 6.07) is 16.8. The quantitative estimate of drug-likeness (QED) is 0.863. The Hall–Kier alpha value is -1.80. The first kappa shape index (κ1) is 14.2. The van der Waals surface area contributed by atoms with Crippen LogP contribution in [0.15, 0.2) is 48.5 Å². The number of para-hydroxylation sites is 1. The molecule has 0 amide bonds. The highest BCUT2D eigenvalue weighted by molar-refractivity contribution is 5.49. The van der Waals surface area contributed by atoms with Gasteiger partial charge < -0.3 is 10.5 Å². The van der Waals surface area contributed by atoms with Gasteiger partial charge in [0.05, 0.1) is 12.1 Å². The van der Waals surface area contributed by atoms with Gasteiger partial charge in [-0.15, -0.1) is 0 Å². The van der Waals surface area contributed by atoms with E-state index in [0.717, 1.165) is 30.6 Å². The summed E-state index contributed by atoms with van der Waals surface area (Å²) in [4.78, 5) is 0. The van der Waals surface area contributed by atoms with Gasteiger partial charge in [-0.25, -0.2) is 0 Å². The van der Waals surface area contributed by atoms with E-state index in [1.807, 2.05) is 19.1 Å². The maximum absolute atomic E-state index is 6.94. The zero-order valence-corrected chi connectivity index (χ0v) is 12.6. The summed E-state index contributed by atoms with van der Waals surface area (Å²) >= 11 is 0. The third-order valence-corrected chi connectivity index (χ3v) is 4.43. The van der Waals surface area contributed by atoms with Crippen LogP contribution in [0, 0.1) is 0 Å². The molecule has 110 valence electrons. The lowest BCUT2D eigenvalue weighted by Gasteiger charge is -2.32. The number of nitrogens with two attached hydrogens (primary N) is 1. The number of aryl methyl sites for hydroxylation is 1. The summed E-state index contributed by atoms with van der Waals surface area (Å²) in [7, 11) is 0. The van der Waals surface area contributed by atoms with Gasteiger partial charge in [0, 0.05) is 5.56 Å². The molecular weight excluding hydrogens is 258 g/mol. The van der Waals surface area contributed by atoms with Gasteiger partial charge in [-0.1, -0.05) is 48.9 Å². The van der Waals surface area contributed by atoms with E-state index in [1.54, 1.807) is 0 Å². The molecule has 21 heavy (non-hydrogen) atoms. The minimum atomic E-state index is -0.446. The molecule has 1 aliphatic carbocycles. The van der Waals surface area contributed by atoms with Gasteiger partial charge >= 0.3 is 0 Å².